The zero-order valence-corrected chi connectivity index (χ0v) is 25.2. The van der Waals surface area contributed by atoms with Crippen LogP contribution < -0.4 is 10.6 Å². The summed E-state index contributed by atoms with van der Waals surface area (Å²) < 4.78 is 38.1. The largest absolute Gasteiger partial charge is 0.384 e. The third-order valence-corrected chi connectivity index (χ3v) is 10.0. The van der Waals surface area contributed by atoms with Gasteiger partial charge in [0, 0.05) is 64.6 Å². The Bertz CT molecular complexity index is 1050. The van der Waals surface area contributed by atoms with Crippen LogP contribution in [0.3, 0.4) is 0 Å². The summed E-state index contributed by atoms with van der Waals surface area (Å²) >= 11 is 0. The summed E-state index contributed by atoms with van der Waals surface area (Å²) in [4.78, 5) is 30.7. The number of amides is 3. The molecule has 1 aromatic rings. The highest BCUT2D eigenvalue weighted by molar-refractivity contribution is 5.79. The lowest BCUT2D eigenvalue weighted by molar-refractivity contribution is -0.130. The number of nitrogens with zero attached hydrogens (tertiary/aromatic N) is 2. The van der Waals surface area contributed by atoms with Gasteiger partial charge in [-0.15, -0.1) is 0 Å². The van der Waals surface area contributed by atoms with Gasteiger partial charge in [-0.25, -0.2) is 13.6 Å². The van der Waals surface area contributed by atoms with Gasteiger partial charge in [-0.3, -0.25) is 9.69 Å². The molecule has 2 N–H and O–H groups in total. The fourth-order valence-electron chi connectivity index (χ4n) is 8.00. The molecule has 1 spiro atoms. The summed E-state index contributed by atoms with van der Waals surface area (Å²) in [6.45, 7) is 4.27. The molecule has 0 radical (unpaired) electrons. The van der Waals surface area contributed by atoms with Crippen LogP contribution >= 0.6 is 0 Å². The van der Waals surface area contributed by atoms with Crippen LogP contribution in [0.5, 0.6) is 0 Å². The second-order valence-electron chi connectivity index (χ2n) is 13.2. The van der Waals surface area contributed by atoms with Crippen molar-refractivity contribution in [3.05, 3.63) is 35.9 Å². The molecule has 2 saturated carbocycles. The van der Waals surface area contributed by atoms with Crippen molar-refractivity contribution < 1.29 is 27.8 Å². The number of likely N-dealkylation sites (tertiary alicyclic amines) is 1. The SMILES string of the molecule is COCC(COC)CN1CC2(CC3CCCN(CC[C@H](NC(=O)C4CCC(F)(F)CC4)c4ccccc4)C3C2)NC1=O. The lowest BCUT2D eigenvalue weighted by Gasteiger charge is -2.38. The minimum atomic E-state index is -2.65. The number of ether oxygens (including phenoxy) is 2. The second-order valence-corrected chi connectivity index (χ2v) is 13.2. The molecule has 4 aliphatic rings. The van der Waals surface area contributed by atoms with E-state index >= 15 is 0 Å². The second kappa shape index (κ2) is 13.6. The lowest BCUT2D eigenvalue weighted by Crippen LogP contribution is -2.46. The highest BCUT2D eigenvalue weighted by Crippen LogP contribution is 2.45. The number of hydrogen-bond acceptors (Lipinski definition) is 5. The molecule has 0 aromatic heterocycles. The van der Waals surface area contributed by atoms with Gasteiger partial charge in [0.2, 0.25) is 11.8 Å². The standard InChI is InChI=1S/C32H48F2N4O4/c1-41-20-23(21-42-2)19-38-22-31(36-30(38)40)17-26-9-6-15-37(28(26)18-31)16-12-27(24-7-4-3-5-8-24)35-29(39)25-10-13-32(33,34)14-11-25/h3-5,7-8,23,25-28H,6,9-22H2,1-2H3,(H,35,39)(H,36,40)/t26?,27-,28?,31?/m0/s1. The average molecular weight is 591 g/mol. The summed E-state index contributed by atoms with van der Waals surface area (Å²) in [5.74, 6) is -2.45. The summed E-state index contributed by atoms with van der Waals surface area (Å²) in [6.07, 6.45) is 5.00. The number of piperidine rings is 1. The number of fused-ring (bicyclic) bond motifs is 1. The van der Waals surface area contributed by atoms with Crippen molar-refractivity contribution in [1.82, 2.24) is 20.4 Å². The molecule has 0 bridgehead atoms. The van der Waals surface area contributed by atoms with E-state index in [2.05, 4.69) is 15.5 Å². The van der Waals surface area contributed by atoms with Gasteiger partial charge in [-0.05, 0) is 63.0 Å². The Hall–Kier alpha value is -2.30. The Morgan fingerprint density at radius 1 is 1.10 bits per heavy atom. The molecular formula is C32H48F2N4O4. The predicted octanol–water partition coefficient (Wildman–Crippen LogP) is 4.61. The summed E-state index contributed by atoms with van der Waals surface area (Å²) in [6, 6.07) is 10.2. The fourth-order valence-corrected chi connectivity index (χ4v) is 8.00. The average Bonchev–Trinajstić information content (AvgIpc) is 3.48. The van der Waals surface area contributed by atoms with Crippen LogP contribution in [0, 0.1) is 17.8 Å². The zero-order chi connectivity index (χ0) is 29.7. The van der Waals surface area contributed by atoms with Gasteiger partial charge in [-0.2, -0.15) is 0 Å². The number of alkyl halides is 2. The molecule has 10 heteroatoms. The predicted molar refractivity (Wildman–Crippen MR) is 156 cm³/mol. The molecule has 42 heavy (non-hydrogen) atoms. The minimum Gasteiger partial charge on any atom is -0.384 e. The molecule has 2 saturated heterocycles. The molecular weight excluding hydrogens is 542 g/mol. The quantitative estimate of drug-likeness (QED) is 0.372. The number of hydrogen-bond donors (Lipinski definition) is 2. The highest BCUT2D eigenvalue weighted by Gasteiger charge is 2.53. The fraction of sp³-hybridized carbons (Fsp3) is 0.750. The van der Waals surface area contributed by atoms with Crippen LogP contribution in [0.4, 0.5) is 13.6 Å². The Morgan fingerprint density at radius 2 is 1.81 bits per heavy atom. The van der Waals surface area contributed by atoms with Gasteiger partial charge < -0.3 is 25.0 Å². The maximum atomic E-state index is 13.7. The van der Waals surface area contributed by atoms with Crippen LogP contribution in [-0.4, -0.2) is 92.9 Å². The summed E-state index contributed by atoms with van der Waals surface area (Å²) in [5.41, 5.74) is 0.833. The Labute approximate surface area is 248 Å². The van der Waals surface area contributed by atoms with Gasteiger partial charge in [0.05, 0.1) is 24.8 Å². The Kier molecular flexibility index (Phi) is 10.0. The van der Waals surface area contributed by atoms with Crippen LogP contribution in [-0.2, 0) is 14.3 Å². The number of methoxy groups -OCH3 is 2. The first-order valence-corrected chi connectivity index (χ1v) is 15.7. The molecule has 8 nitrogen and oxygen atoms in total. The minimum absolute atomic E-state index is 0.00438. The molecule has 3 amide bonds. The van der Waals surface area contributed by atoms with Crippen molar-refractivity contribution in [2.75, 3.05) is 53.6 Å². The molecule has 234 valence electrons. The summed E-state index contributed by atoms with van der Waals surface area (Å²) in [5, 5.41) is 6.61. The zero-order valence-electron chi connectivity index (χ0n) is 25.2. The number of benzene rings is 1. The van der Waals surface area contributed by atoms with Gasteiger partial charge >= 0.3 is 6.03 Å². The molecule has 2 aliphatic carbocycles. The third-order valence-electron chi connectivity index (χ3n) is 10.0. The van der Waals surface area contributed by atoms with Crippen LogP contribution in [0.25, 0.3) is 0 Å². The Balaban J connectivity index is 1.21. The van der Waals surface area contributed by atoms with Crippen molar-refractivity contribution >= 4 is 11.9 Å². The molecule has 5 rings (SSSR count). The molecule has 3 unspecified atom stereocenters. The third kappa shape index (κ3) is 7.42. The van der Waals surface area contributed by atoms with E-state index in [9.17, 15) is 18.4 Å². The van der Waals surface area contributed by atoms with Gasteiger partial charge in [-0.1, -0.05) is 30.3 Å². The van der Waals surface area contributed by atoms with Crippen molar-refractivity contribution in [2.45, 2.75) is 81.3 Å². The number of nitrogens with one attached hydrogen (secondary N) is 2. The first kappa shape index (κ1) is 31.1. The van der Waals surface area contributed by atoms with E-state index in [-0.39, 0.29) is 61.0 Å². The number of carbonyl (C=O) groups is 2. The summed E-state index contributed by atoms with van der Waals surface area (Å²) in [7, 11) is 3.35. The van der Waals surface area contributed by atoms with Crippen molar-refractivity contribution in [3.63, 3.8) is 0 Å². The Morgan fingerprint density at radius 3 is 2.50 bits per heavy atom. The van der Waals surface area contributed by atoms with E-state index in [1.807, 2.05) is 35.2 Å². The number of rotatable bonds is 12. The van der Waals surface area contributed by atoms with Gasteiger partial charge in [0.25, 0.3) is 0 Å². The number of urea groups is 1. The van der Waals surface area contributed by atoms with E-state index < -0.39 is 5.92 Å². The van der Waals surface area contributed by atoms with Crippen molar-refractivity contribution in [2.24, 2.45) is 17.8 Å². The number of carbonyl (C=O) groups excluding carboxylic acids is 2. The normalized spacial score (nSPS) is 28.7. The van der Waals surface area contributed by atoms with Crippen molar-refractivity contribution in [3.8, 4) is 0 Å². The molecule has 4 atom stereocenters. The first-order chi connectivity index (χ1) is 20.2. The van der Waals surface area contributed by atoms with Gasteiger partial charge in [0.15, 0.2) is 0 Å². The maximum absolute atomic E-state index is 13.7. The molecule has 4 fully saturated rings. The van der Waals surface area contributed by atoms with Crippen LogP contribution in [0.15, 0.2) is 30.3 Å². The van der Waals surface area contributed by atoms with Gasteiger partial charge in [0.1, 0.15) is 0 Å². The molecule has 2 aliphatic heterocycles. The van der Waals surface area contributed by atoms with E-state index in [0.717, 1.165) is 44.3 Å². The van der Waals surface area contributed by atoms with E-state index in [0.29, 0.717) is 38.3 Å². The van der Waals surface area contributed by atoms with Crippen LogP contribution in [0.2, 0.25) is 0 Å². The number of halogens is 2. The smallest absolute Gasteiger partial charge is 0.317 e. The topological polar surface area (TPSA) is 83.1 Å². The maximum Gasteiger partial charge on any atom is 0.317 e. The molecule has 1 aromatic carbocycles. The van der Waals surface area contributed by atoms with E-state index in [4.69, 9.17) is 9.47 Å². The lowest BCUT2D eigenvalue weighted by atomic mass is 9.86. The van der Waals surface area contributed by atoms with E-state index in [1.165, 1.54) is 6.42 Å². The van der Waals surface area contributed by atoms with Crippen LogP contribution in [0.1, 0.15) is 69.4 Å². The first-order valence-electron chi connectivity index (χ1n) is 15.7. The monoisotopic (exact) mass is 590 g/mol. The highest BCUT2D eigenvalue weighted by atomic mass is 19.3. The van der Waals surface area contributed by atoms with Crippen molar-refractivity contribution in [1.29, 1.82) is 0 Å². The molecule has 2 heterocycles. The van der Waals surface area contributed by atoms with E-state index in [1.54, 1.807) is 14.2 Å².